The van der Waals surface area contributed by atoms with Gasteiger partial charge in [0.05, 0.1) is 22.0 Å². The highest BCUT2D eigenvalue weighted by Crippen LogP contribution is 2.28. The number of hydrogen-bond donors (Lipinski definition) is 2. The summed E-state index contributed by atoms with van der Waals surface area (Å²) in [6, 6.07) is 15.1. The van der Waals surface area contributed by atoms with Gasteiger partial charge in [-0.25, -0.2) is 18.2 Å². The molecule has 3 aromatic rings. The van der Waals surface area contributed by atoms with Crippen molar-refractivity contribution in [1.29, 1.82) is 5.26 Å². The van der Waals surface area contributed by atoms with Crippen molar-refractivity contribution in [3.05, 3.63) is 59.7 Å². The van der Waals surface area contributed by atoms with Crippen LogP contribution >= 0.6 is 37.2 Å². The lowest BCUT2D eigenvalue weighted by Gasteiger charge is -2.35. The molecule has 2 aromatic carbocycles. The van der Waals surface area contributed by atoms with Gasteiger partial charge < -0.3 is 10.0 Å². The second-order valence-electron chi connectivity index (χ2n) is 9.13. The maximum Gasteiger partial charge on any atom is 0.336 e. The Balaban J connectivity index is 0.00000253. The van der Waals surface area contributed by atoms with Gasteiger partial charge in [0.2, 0.25) is 0 Å². The third-order valence-electron chi connectivity index (χ3n) is 6.37. The molecule has 1 aromatic heterocycles. The number of halogens is 3. The number of benzene rings is 2. The Morgan fingerprint density at radius 2 is 1.69 bits per heavy atom. The van der Waals surface area contributed by atoms with E-state index in [0.717, 1.165) is 25.2 Å². The van der Waals surface area contributed by atoms with Gasteiger partial charge in [0.15, 0.2) is 0 Å². The van der Waals surface area contributed by atoms with Crippen molar-refractivity contribution in [3.63, 3.8) is 0 Å². The summed E-state index contributed by atoms with van der Waals surface area (Å²) < 4.78 is 28.4. The number of sulfonamides is 1. The number of rotatable bonds is 8. The number of pyridine rings is 1. The molecule has 0 saturated carbocycles. The van der Waals surface area contributed by atoms with E-state index < -0.39 is 16.0 Å². The number of carboxylic acid groups (broad SMARTS) is 1. The Kier molecular flexibility index (Phi) is 12.8. The predicted octanol–water partition coefficient (Wildman–Crippen LogP) is 5.16. The molecule has 39 heavy (non-hydrogen) atoms. The number of hydrogen-bond acceptors (Lipinski definition) is 7. The van der Waals surface area contributed by atoms with Crippen molar-refractivity contribution >= 4 is 75.6 Å². The van der Waals surface area contributed by atoms with Crippen LogP contribution in [0.5, 0.6) is 0 Å². The van der Waals surface area contributed by atoms with E-state index in [1.807, 2.05) is 18.7 Å². The van der Waals surface area contributed by atoms with Crippen molar-refractivity contribution < 1.29 is 18.3 Å². The Hall–Kier alpha value is -2.81. The lowest BCUT2D eigenvalue weighted by atomic mass is 10.0. The smallest absolute Gasteiger partial charge is 0.336 e. The number of anilines is 2. The standard InChI is InChI=1S/C26H29N5O4S.3ClH/c1-18(2)19-4-7-21(8-5-19)36(34,35)29-20-6-9-24-22(16-20)23(26(32)33)17-25(28-24)31-14-12-30(13-15-31)11-3-10-27;;;/h4-9,16-18,29H,3,11-15H2,1-2H3,(H,32,33);3*1H. The quantitative estimate of drug-likeness (QED) is 0.356. The summed E-state index contributed by atoms with van der Waals surface area (Å²) >= 11 is 0. The summed E-state index contributed by atoms with van der Waals surface area (Å²) in [5.41, 5.74) is 1.83. The van der Waals surface area contributed by atoms with Gasteiger partial charge in [-0.3, -0.25) is 9.62 Å². The molecule has 0 radical (unpaired) electrons. The number of carboxylic acids is 1. The Morgan fingerprint density at radius 1 is 1.05 bits per heavy atom. The van der Waals surface area contributed by atoms with Gasteiger partial charge in [0.1, 0.15) is 5.82 Å². The molecule has 2 heterocycles. The molecule has 0 bridgehead atoms. The van der Waals surface area contributed by atoms with Gasteiger partial charge in [0, 0.05) is 50.2 Å². The summed E-state index contributed by atoms with van der Waals surface area (Å²) in [4.78, 5) is 21.1. The van der Waals surface area contributed by atoms with Gasteiger partial charge >= 0.3 is 5.97 Å². The van der Waals surface area contributed by atoms with Crippen LogP contribution in [0.25, 0.3) is 10.9 Å². The number of nitriles is 1. The third-order valence-corrected chi connectivity index (χ3v) is 7.77. The Bertz CT molecular complexity index is 1420. The van der Waals surface area contributed by atoms with Crippen LogP contribution in [-0.2, 0) is 10.0 Å². The zero-order valence-corrected chi connectivity index (χ0v) is 24.8. The van der Waals surface area contributed by atoms with E-state index in [4.69, 9.17) is 5.26 Å². The number of nitrogens with one attached hydrogen (secondary N) is 1. The monoisotopic (exact) mass is 615 g/mol. The maximum absolute atomic E-state index is 12.9. The van der Waals surface area contributed by atoms with Crippen molar-refractivity contribution in [2.75, 3.05) is 42.3 Å². The second kappa shape index (κ2) is 14.5. The minimum absolute atomic E-state index is 0. The summed E-state index contributed by atoms with van der Waals surface area (Å²) in [5.74, 6) is -0.256. The van der Waals surface area contributed by atoms with Gasteiger partial charge in [-0.2, -0.15) is 5.26 Å². The highest BCUT2D eigenvalue weighted by atomic mass is 35.5. The van der Waals surface area contributed by atoms with E-state index in [1.54, 1.807) is 42.5 Å². The van der Waals surface area contributed by atoms with Crippen LogP contribution in [0.15, 0.2) is 53.4 Å². The molecule has 0 unspecified atom stereocenters. The van der Waals surface area contributed by atoms with E-state index in [1.165, 1.54) is 6.07 Å². The zero-order chi connectivity index (χ0) is 25.9. The maximum atomic E-state index is 12.9. The zero-order valence-electron chi connectivity index (χ0n) is 21.5. The van der Waals surface area contributed by atoms with E-state index in [-0.39, 0.29) is 59.3 Å². The number of aromatic nitrogens is 1. The van der Waals surface area contributed by atoms with E-state index in [9.17, 15) is 18.3 Å². The fraction of sp³-hybridized carbons (Fsp3) is 0.346. The molecule has 212 valence electrons. The highest BCUT2D eigenvalue weighted by Gasteiger charge is 2.21. The lowest BCUT2D eigenvalue weighted by molar-refractivity contribution is 0.0699. The first-order valence-corrected chi connectivity index (χ1v) is 13.3. The molecular formula is C26H32Cl3N5O4S. The van der Waals surface area contributed by atoms with E-state index in [2.05, 4.69) is 20.7 Å². The molecule has 0 amide bonds. The molecule has 0 aliphatic carbocycles. The van der Waals surface area contributed by atoms with E-state index >= 15 is 0 Å². The van der Waals surface area contributed by atoms with Gasteiger partial charge in [-0.05, 0) is 47.9 Å². The van der Waals surface area contributed by atoms with E-state index in [0.29, 0.717) is 36.2 Å². The fourth-order valence-electron chi connectivity index (χ4n) is 4.27. The van der Waals surface area contributed by atoms with Crippen LogP contribution in [0.2, 0.25) is 0 Å². The number of nitrogens with zero attached hydrogens (tertiary/aromatic N) is 4. The minimum Gasteiger partial charge on any atom is -0.478 e. The first-order chi connectivity index (χ1) is 17.2. The van der Waals surface area contributed by atoms with Gasteiger partial charge in [-0.15, -0.1) is 37.2 Å². The van der Waals surface area contributed by atoms with Gasteiger partial charge in [0.25, 0.3) is 10.0 Å². The average Bonchev–Trinajstić information content (AvgIpc) is 2.87. The largest absolute Gasteiger partial charge is 0.478 e. The van der Waals surface area contributed by atoms with Crippen LogP contribution in [0.1, 0.15) is 42.1 Å². The fourth-order valence-corrected chi connectivity index (χ4v) is 5.32. The second-order valence-corrected chi connectivity index (χ2v) is 10.8. The summed E-state index contributed by atoms with van der Waals surface area (Å²) in [6.45, 7) is 7.68. The summed E-state index contributed by atoms with van der Waals surface area (Å²) in [5, 5.41) is 19.0. The number of carbonyl (C=O) groups is 1. The average molecular weight is 617 g/mol. The normalized spacial score (nSPS) is 13.5. The third kappa shape index (κ3) is 8.10. The van der Waals surface area contributed by atoms with Crippen LogP contribution < -0.4 is 9.62 Å². The number of fused-ring (bicyclic) bond motifs is 1. The first-order valence-electron chi connectivity index (χ1n) is 11.8. The van der Waals surface area contributed by atoms with Crippen molar-refractivity contribution in [3.8, 4) is 6.07 Å². The van der Waals surface area contributed by atoms with Crippen molar-refractivity contribution in [1.82, 2.24) is 9.88 Å². The Labute approximate surface area is 247 Å². The summed E-state index contributed by atoms with van der Waals surface area (Å²) in [7, 11) is -3.85. The number of piperazine rings is 1. The molecule has 1 saturated heterocycles. The van der Waals surface area contributed by atoms with Gasteiger partial charge in [-0.1, -0.05) is 26.0 Å². The lowest BCUT2D eigenvalue weighted by Crippen LogP contribution is -2.46. The first kappa shape index (κ1) is 34.2. The van der Waals surface area contributed by atoms with Crippen LogP contribution in [0.3, 0.4) is 0 Å². The Morgan fingerprint density at radius 3 is 2.26 bits per heavy atom. The van der Waals surface area contributed by atoms with Crippen molar-refractivity contribution in [2.45, 2.75) is 31.1 Å². The van der Waals surface area contributed by atoms with Crippen LogP contribution in [-0.4, -0.2) is 62.1 Å². The molecule has 9 nitrogen and oxygen atoms in total. The number of aromatic carboxylic acids is 1. The molecule has 13 heteroatoms. The molecular weight excluding hydrogens is 585 g/mol. The SMILES string of the molecule is CC(C)c1ccc(S(=O)(=O)Nc2ccc3nc(N4CCN(CCC#N)CC4)cc(C(=O)O)c3c2)cc1.Cl.Cl.Cl. The molecule has 4 rings (SSSR count). The minimum atomic E-state index is -3.85. The topological polar surface area (TPSA) is 127 Å². The van der Waals surface area contributed by atoms with Crippen molar-refractivity contribution in [2.24, 2.45) is 0 Å². The molecule has 0 spiro atoms. The molecule has 0 atom stereocenters. The molecule has 1 fully saturated rings. The molecule has 1 aliphatic rings. The van der Waals surface area contributed by atoms with Crippen LogP contribution in [0, 0.1) is 11.3 Å². The molecule has 2 N–H and O–H groups in total. The summed E-state index contributed by atoms with van der Waals surface area (Å²) in [6.07, 6.45) is 0.479. The van der Waals surface area contributed by atoms with Crippen LogP contribution in [0.4, 0.5) is 11.5 Å². The highest BCUT2D eigenvalue weighted by molar-refractivity contribution is 7.92. The molecule has 1 aliphatic heterocycles. The predicted molar refractivity (Wildman–Crippen MR) is 161 cm³/mol.